The van der Waals surface area contributed by atoms with Crippen molar-refractivity contribution in [3.8, 4) is 6.07 Å². The smallest absolute Gasteiger partial charge is 0.228 e. The summed E-state index contributed by atoms with van der Waals surface area (Å²) >= 11 is 3.32. The molecule has 2 rings (SSSR count). The van der Waals surface area contributed by atoms with E-state index in [1.165, 1.54) is 6.33 Å². The molecule has 1 heterocycles. The van der Waals surface area contributed by atoms with Gasteiger partial charge in [-0.05, 0) is 18.2 Å². The van der Waals surface area contributed by atoms with Crippen molar-refractivity contribution in [1.82, 2.24) is 10.1 Å². The van der Waals surface area contributed by atoms with Crippen LogP contribution in [0.5, 0.6) is 0 Å². The number of nitriles is 1. The molecule has 0 aliphatic carbocycles. The third-order valence-electron chi connectivity index (χ3n) is 2.16. The summed E-state index contributed by atoms with van der Waals surface area (Å²) in [7, 11) is 0. The number of nitrogens with zero attached hydrogens (tertiary/aromatic N) is 3. The van der Waals surface area contributed by atoms with Crippen LogP contribution in [0.15, 0.2) is 33.5 Å². The Labute approximate surface area is 107 Å². The lowest BCUT2D eigenvalue weighted by atomic mass is 10.2. The van der Waals surface area contributed by atoms with Crippen molar-refractivity contribution in [2.45, 2.75) is 6.42 Å². The van der Waals surface area contributed by atoms with Gasteiger partial charge in [-0.2, -0.15) is 10.2 Å². The second-order valence-corrected chi connectivity index (χ2v) is 4.23. The maximum Gasteiger partial charge on any atom is 0.228 e. The molecule has 0 radical (unpaired) electrons. The van der Waals surface area contributed by atoms with E-state index in [0.717, 1.165) is 10.2 Å². The van der Waals surface area contributed by atoms with E-state index in [1.54, 1.807) is 6.07 Å². The van der Waals surface area contributed by atoms with Crippen LogP contribution in [-0.4, -0.2) is 16.7 Å². The van der Waals surface area contributed by atoms with Crippen LogP contribution in [-0.2, 0) is 6.42 Å². The summed E-state index contributed by atoms with van der Waals surface area (Å²) in [5.41, 5.74) is 1.40. The zero-order chi connectivity index (χ0) is 12.1. The molecule has 0 unspecified atom stereocenters. The van der Waals surface area contributed by atoms with Crippen LogP contribution in [0, 0.1) is 11.3 Å². The molecule has 1 aromatic carbocycles. The normalized spacial score (nSPS) is 9.88. The summed E-state index contributed by atoms with van der Waals surface area (Å²) in [6, 6.07) is 7.65. The molecule has 0 aliphatic rings. The SMILES string of the molecule is N#Cc1cc(Br)ccc1NCCc1ncno1. The molecular formula is C11H9BrN4O. The van der Waals surface area contributed by atoms with E-state index in [4.69, 9.17) is 9.78 Å². The van der Waals surface area contributed by atoms with Crippen LogP contribution in [0.25, 0.3) is 0 Å². The third kappa shape index (κ3) is 3.04. The van der Waals surface area contributed by atoms with E-state index in [0.29, 0.717) is 24.4 Å². The second kappa shape index (κ2) is 5.46. The van der Waals surface area contributed by atoms with Crippen LogP contribution >= 0.6 is 15.9 Å². The minimum atomic E-state index is 0.577. The number of halogens is 1. The Kier molecular flexibility index (Phi) is 3.73. The standard InChI is InChI=1S/C11H9BrN4O/c12-9-1-2-10(8(5-9)6-13)14-4-3-11-15-7-16-17-11/h1-2,5,7,14H,3-4H2. The predicted octanol–water partition coefficient (Wildman–Crippen LogP) is 2.36. The van der Waals surface area contributed by atoms with Crippen molar-refractivity contribution < 1.29 is 4.52 Å². The van der Waals surface area contributed by atoms with Gasteiger partial charge in [0.15, 0.2) is 6.33 Å². The van der Waals surface area contributed by atoms with Gasteiger partial charge in [0, 0.05) is 17.4 Å². The molecule has 17 heavy (non-hydrogen) atoms. The van der Waals surface area contributed by atoms with Crippen LogP contribution in [0.2, 0.25) is 0 Å². The Balaban J connectivity index is 1.97. The molecule has 0 fully saturated rings. The molecule has 2 aromatic rings. The molecule has 0 saturated carbocycles. The van der Waals surface area contributed by atoms with Crippen LogP contribution in [0.3, 0.4) is 0 Å². The fourth-order valence-electron chi connectivity index (χ4n) is 1.37. The largest absolute Gasteiger partial charge is 0.383 e. The van der Waals surface area contributed by atoms with Crippen LogP contribution in [0.4, 0.5) is 5.69 Å². The van der Waals surface area contributed by atoms with Gasteiger partial charge in [-0.15, -0.1) is 0 Å². The topological polar surface area (TPSA) is 74.7 Å². The highest BCUT2D eigenvalue weighted by atomic mass is 79.9. The lowest BCUT2D eigenvalue weighted by Crippen LogP contribution is -2.06. The van der Waals surface area contributed by atoms with E-state index in [9.17, 15) is 0 Å². The monoisotopic (exact) mass is 292 g/mol. The van der Waals surface area contributed by atoms with Gasteiger partial charge >= 0.3 is 0 Å². The minimum Gasteiger partial charge on any atom is -0.383 e. The highest BCUT2D eigenvalue weighted by molar-refractivity contribution is 9.10. The summed E-state index contributed by atoms with van der Waals surface area (Å²) in [6.07, 6.45) is 2.00. The lowest BCUT2D eigenvalue weighted by molar-refractivity contribution is 0.380. The van der Waals surface area contributed by atoms with E-state index in [-0.39, 0.29) is 0 Å². The Bertz CT molecular complexity index is 533. The molecule has 1 N–H and O–H groups in total. The first-order chi connectivity index (χ1) is 8.29. The van der Waals surface area contributed by atoms with Crippen molar-refractivity contribution >= 4 is 21.6 Å². The Morgan fingerprint density at radius 2 is 2.35 bits per heavy atom. The van der Waals surface area contributed by atoms with Crippen molar-refractivity contribution in [3.63, 3.8) is 0 Å². The summed E-state index contributed by atoms with van der Waals surface area (Å²) in [5.74, 6) is 0.577. The first-order valence-electron chi connectivity index (χ1n) is 4.98. The molecule has 6 heteroatoms. The van der Waals surface area contributed by atoms with Gasteiger partial charge in [0.1, 0.15) is 6.07 Å². The third-order valence-corrected chi connectivity index (χ3v) is 2.66. The average molecular weight is 293 g/mol. The molecule has 0 bridgehead atoms. The van der Waals surface area contributed by atoms with Crippen molar-refractivity contribution in [1.29, 1.82) is 5.26 Å². The first-order valence-corrected chi connectivity index (χ1v) is 5.78. The molecule has 5 nitrogen and oxygen atoms in total. The van der Waals surface area contributed by atoms with Gasteiger partial charge in [0.25, 0.3) is 0 Å². The fraction of sp³-hybridized carbons (Fsp3) is 0.182. The molecule has 0 atom stereocenters. The van der Waals surface area contributed by atoms with Crippen LogP contribution in [0.1, 0.15) is 11.5 Å². The highest BCUT2D eigenvalue weighted by Crippen LogP contribution is 2.20. The Morgan fingerprint density at radius 1 is 1.47 bits per heavy atom. The zero-order valence-electron chi connectivity index (χ0n) is 8.85. The predicted molar refractivity (Wildman–Crippen MR) is 65.3 cm³/mol. The maximum absolute atomic E-state index is 8.97. The van der Waals surface area contributed by atoms with Gasteiger partial charge in [-0.3, -0.25) is 0 Å². The highest BCUT2D eigenvalue weighted by Gasteiger charge is 2.03. The van der Waals surface area contributed by atoms with Gasteiger partial charge < -0.3 is 9.84 Å². The Hall–Kier alpha value is -1.87. The number of benzene rings is 1. The van der Waals surface area contributed by atoms with Gasteiger partial charge in [0.2, 0.25) is 5.89 Å². The summed E-state index contributed by atoms with van der Waals surface area (Å²) in [4.78, 5) is 3.91. The Morgan fingerprint density at radius 3 is 3.06 bits per heavy atom. The number of rotatable bonds is 4. The molecule has 1 aromatic heterocycles. The van der Waals surface area contributed by atoms with E-state index < -0.39 is 0 Å². The van der Waals surface area contributed by atoms with Crippen LogP contribution < -0.4 is 5.32 Å². The summed E-state index contributed by atoms with van der Waals surface area (Å²) < 4.78 is 5.76. The maximum atomic E-state index is 8.97. The summed E-state index contributed by atoms with van der Waals surface area (Å²) in [6.45, 7) is 0.637. The minimum absolute atomic E-state index is 0.577. The molecule has 0 amide bonds. The first kappa shape index (κ1) is 11.6. The molecule has 0 spiro atoms. The van der Waals surface area contributed by atoms with Crippen molar-refractivity contribution in [3.05, 3.63) is 40.5 Å². The van der Waals surface area contributed by atoms with Gasteiger partial charge in [0.05, 0.1) is 11.3 Å². The molecule has 0 aliphatic heterocycles. The molecule has 86 valence electrons. The zero-order valence-corrected chi connectivity index (χ0v) is 10.4. The summed E-state index contributed by atoms with van der Waals surface area (Å²) in [5, 5.41) is 15.7. The number of nitrogens with one attached hydrogen (secondary N) is 1. The lowest BCUT2D eigenvalue weighted by Gasteiger charge is -2.06. The fourth-order valence-corrected chi connectivity index (χ4v) is 1.73. The van der Waals surface area contributed by atoms with Crippen molar-refractivity contribution in [2.24, 2.45) is 0 Å². The quantitative estimate of drug-likeness (QED) is 0.936. The number of aromatic nitrogens is 2. The van der Waals surface area contributed by atoms with Gasteiger partial charge in [-0.1, -0.05) is 21.1 Å². The number of hydrogen-bond donors (Lipinski definition) is 1. The molecule has 0 saturated heterocycles. The average Bonchev–Trinajstić information content (AvgIpc) is 2.84. The number of hydrogen-bond acceptors (Lipinski definition) is 5. The van der Waals surface area contributed by atoms with E-state index in [1.807, 2.05) is 12.1 Å². The van der Waals surface area contributed by atoms with E-state index >= 15 is 0 Å². The molecular weight excluding hydrogens is 284 g/mol. The van der Waals surface area contributed by atoms with Gasteiger partial charge in [-0.25, -0.2) is 0 Å². The van der Waals surface area contributed by atoms with E-state index in [2.05, 4.69) is 37.5 Å². The van der Waals surface area contributed by atoms with Crippen molar-refractivity contribution in [2.75, 3.05) is 11.9 Å². The second-order valence-electron chi connectivity index (χ2n) is 3.31. The number of anilines is 1.